The third-order valence-electron chi connectivity index (χ3n) is 2.84. The number of hydrogen-bond donors (Lipinski definition) is 3. The van der Waals surface area contributed by atoms with Crippen molar-refractivity contribution in [3.8, 4) is 0 Å². The lowest BCUT2D eigenvalue weighted by Gasteiger charge is -2.24. The quantitative estimate of drug-likeness (QED) is 0.718. The van der Waals surface area contributed by atoms with Gasteiger partial charge in [-0.25, -0.2) is 8.78 Å². The van der Waals surface area contributed by atoms with Crippen molar-refractivity contribution in [2.24, 2.45) is 5.92 Å². The summed E-state index contributed by atoms with van der Waals surface area (Å²) in [5.41, 5.74) is -0.243. The molecule has 0 fully saturated rings. The van der Waals surface area contributed by atoms with Gasteiger partial charge in [0.25, 0.3) is 0 Å². The molecule has 3 N–H and O–H groups in total. The molecule has 2 unspecified atom stereocenters. The van der Waals surface area contributed by atoms with Crippen LogP contribution < -0.4 is 5.32 Å². The van der Waals surface area contributed by atoms with Crippen molar-refractivity contribution in [2.45, 2.75) is 32.4 Å². The van der Waals surface area contributed by atoms with Crippen molar-refractivity contribution < 1.29 is 23.8 Å². The maximum atomic E-state index is 13.6. The number of nitrogens with one attached hydrogen (secondary N) is 1. The zero-order valence-corrected chi connectivity index (χ0v) is 11.4. The van der Waals surface area contributed by atoms with Crippen LogP contribution in [0.4, 0.5) is 8.78 Å². The fourth-order valence-corrected chi connectivity index (χ4v) is 1.83. The van der Waals surface area contributed by atoms with E-state index >= 15 is 0 Å². The molecule has 6 heteroatoms. The Morgan fingerprint density at radius 1 is 1.35 bits per heavy atom. The highest BCUT2D eigenvalue weighted by Gasteiger charge is 2.26. The molecule has 4 nitrogen and oxygen atoms in total. The fraction of sp³-hybridized carbons (Fsp3) is 0.500. The van der Waals surface area contributed by atoms with E-state index in [4.69, 9.17) is 5.11 Å². The van der Waals surface area contributed by atoms with Gasteiger partial charge in [0.05, 0.1) is 12.5 Å². The standard InChI is InChI=1S/C14H19F2NO3/c1-8(2)7-17-12(6-13(18)19)14(20)10-5-9(15)3-4-11(10)16/h3-5,8,12,14,17,20H,6-7H2,1-2H3,(H,18,19). The van der Waals surface area contributed by atoms with Crippen LogP contribution in [0.2, 0.25) is 0 Å². The smallest absolute Gasteiger partial charge is 0.305 e. The van der Waals surface area contributed by atoms with Crippen LogP contribution in [0.25, 0.3) is 0 Å². The van der Waals surface area contributed by atoms with E-state index in [-0.39, 0.29) is 17.9 Å². The third kappa shape index (κ3) is 4.86. The Kier molecular flexibility index (Phi) is 6.04. The molecule has 0 saturated heterocycles. The summed E-state index contributed by atoms with van der Waals surface area (Å²) >= 11 is 0. The van der Waals surface area contributed by atoms with Gasteiger partial charge in [0.1, 0.15) is 11.6 Å². The highest BCUT2D eigenvalue weighted by atomic mass is 19.1. The van der Waals surface area contributed by atoms with Crippen LogP contribution >= 0.6 is 0 Å². The Morgan fingerprint density at radius 3 is 2.55 bits per heavy atom. The number of hydrogen-bond acceptors (Lipinski definition) is 3. The Morgan fingerprint density at radius 2 is 2.00 bits per heavy atom. The molecule has 112 valence electrons. The lowest BCUT2D eigenvalue weighted by molar-refractivity contribution is -0.138. The molecule has 0 heterocycles. The highest BCUT2D eigenvalue weighted by molar-refractivity contribution is 5.67. The first-order valence-corrected chi connectivity index (χ1v) is 6.39. The first-order valence-electron chi connectivity index (χ1n) is 6.39. The van der Waals surface area contributed by atoms with Crippen LogP contribution in [0.15, 0.2) is 18.2 Å². The SMILES string of the molecule is CC(C)CNC(CC(=O)O)C(O)c1cc(F)ccc1F. The summed E-state index contributed by atoms with van der Waals surface area (Å²) in [4.78, 5) is 10.8. The molecule has 20 heavy (non-hydrogen) atoms. The van der Waals surface area contributed by atoms with Crippen molar-refractivity contribution >= 4 is 5.97 Å². The largest absolute Gasteiger partial charge is 0.481 e. The second kappa shape index (κ2) is 7.31. The topological polar surface area (TPSA) is 69.6 Å². The van der Waals surface area contributed by atoms with Gasteiger partial charge >= 0.3 is 5.97 Å². The number of carboxylic acid groups (broad SMARTS) is 1. The number of benzene rings is 1. The maximum absolute atomic E-state index is 13.6. The van der Waals surface area contributed by atoms with Crippen LogP contribution in [0.1, 0.15) is 31.9 Å². The number of halogens is 2. The molecule has 0 aromatic heterocycles. The normalized spacial score (nSPS) is 14.3. The number of aliphatic carboxylic acids is 1. The Hall–Kier alpha value is -1.53. The summed E-state index contributed by atoms with van der Waals surface area (Å²) in [6, 6.07) is 1.85. The van der Waals surface area contributed by atoms with Gasteiger partial charge < -0.3 is 15.5 Å². The molecule has 0 spiro atoms. The van der Waals surface area contributed by atoms with Crippen molar-refractivity contribution in [1.29, 1.82) is 0 Å². The summed E-state index contributed by atoms with van der Waals surface area (Å²) in [5, 5.41) is 21.8. The van der Waals surface area contributed by atoms with E-state index in [0.29, 0.717) is 6.54 Å². The monoisotopic (exact) mass is 287 g/mol. The molecule has 1 aromatic rings. The van der Waals surface area contributed by atoms with Crippen LogP contribution in [0, 0.1) is 17.6 Å². The van der Waals surface area contributed by atoms with E-state index in [1.54, 1.807) is 0 Å². The van der Waals surface area contributed by atoms with Gasteiger partial charge in [-0.3, -0.25) is 4.79 Å². The number of aliphatic hydroxyl groups excluding tert-OH is 1. The first-order chi connectivity index (χ1) is 9.31. The molecular formula is C14H19F2NO3. The van der Waals surface area contributed by atoms with E-state index in [1.807, 2.05) is 13.8 Å². The molecule has 1 aromatic carbocycles. The van der Waals surface area contributed by atoms with Gasteiger partial charge in [-0.05, 0) is 30.7 Å². The predicted octanol–water partition coefficient (Wildman–Crippen LogP) is 2.09. The Balaban J connectivity index is 2.93. The van der Waals surface area contributed by atoms with Crippen LogP contribution in [0.5, 0.6) is 0 Å². The van der Waals surface area contributed by atoms with Gasteiger partial charge in [-0.2, -0.15) is 0 Å². The molecule has 1 rings (SSSR count). The lowest BCUT2D eigenvalue weighted by atomic mass is 9.98. The molecule has 0 aliphatic rings. The molecule has 0 aliphatic heterocycles. The van der Waals surface area contributed by atoms with Crippen LogP contribution in [0.3, 0.4) is 0 Å². The summed E-state index contributed by atoms with van der Waals surface area (Å²) in [6.07, 6.45) is -1.82. The summed E-state index contributed by atoms with van der Waals surface area (Å²) in [6.45, 7) is 4.30. The number of rotatable bonds is 7. The maximum Gasteiger partial charge on any atom is 0.305 e. The molecule has 0 aliphatic carbocycles. The molecule has 0 bridgehead atoms. The second-order valence-corrected chi connectivity index (χ2v) is 5.12. The van der Waals surface area contributed by atoms with E-state index in [9.17, 15) is 18.7 Å². The van der Waals surface area contributed by atoms with Crippen LogP contribution in [-0.4, -0.2) is 28.8 Å². The zero-order chi connectivity index (χ0) is 15.3. The molecule has 2 atom stereocenters. The first kappa shape index (κ1) is 16.5. The van der Waals surface area contributed by atoms with Gasteiger partial charge in [-0.1, -0.05) is 13.8 Å². The Bertz CT molecular complexity index is 466. The van der Waals surface area contributed by atoms with Crippen molar-refractivity contribution in [3.63, 3.8) is 0 Å². The highest BCUT2D eigenvalue weighted by Crippen LogP contribution is 2.23. The second-order valence-electron chi connectivity index (χ2n) is 5.12. The number of carboxylic acids is 1. The fourth-order valence-electron chi connectivity index (χ4n) is 1.83. The third-order valence-corrected chi connectivity index (χ3v) is 2.84. The zero-order valence-electron chi connectivity index (χ0n) is 11.4. The average molecular weight is 287 g/mol. The van der Waals surface area contributed by atoms with Crippen molar-refractivity contribution in [1.82, 2.24) is 5.32 Å². The lowest BCUT2D eigenvalue weighted by Crippen LogP contribution is -2.39. The Labute approximate surface area is 116 Å². The van der Waals surface area contributed by atoms with E-state index in [0.717, 1.165) is 18.2 Å². The summed E-state index contributed by atoms with van der Waals surface area (Å²) in [5.74, 6) is -2.34. The van der Waals surface area contributed by atoms with Gasteiger partial charge in [0.15, 0.2) is 0 Å². The number of carbonyl (C=O) groups is 1. The summed E-state index contributed by atoms with van der Waals surface area (Å²) < 4.78 is 26.7. The van der Waals surface area contributed by atoms with Gasteiger partial charge in [-0.15, -0.1) is 0 Å². The molecule has 0 saturated carbocycles. The van der Waals surface area contributed by atoms with E-state index in [1.165, 1.54) is 0 Å². The summed E-state index contributed by atoms with van der Waals surface area (Å²) in [7, 11) is 0. The molecule has 0 radical (unpaired) electrons. The van der Waals surface area contributed by atoms with Crippen molar-refractivity contribution in [2.75, 3.05) is 6.54 Å². The molecule has 0 amide bonds. The van der Waals surface area contributed by atoms with E-state index < -0.39 is 29.7 Å². The van der Waals surface area contributed by atoms with Gasteiger partial charge in [0.2, 0.25) is 0 Å². The minimum absolute atomic E-state index is 0.232. The molecular weight excluding hydrogens is 268 g/mol. The minimum Gasteiger partial charge on any atom is -0.481 e. The van der Waals surface area contributed by atoms with E-state index in [2.05, 4.69) is 5.32 Å². The minimum atomic E-state index is -1.43. The van der Waals surface area contributed by atoms with Crippen LogP contribution in [-0.2, 0) is 4.79 Å². The predicted molar refractivity (Wildman–Crippen MR) is 70.2 cm³/mol. The van der Waals surface area contributed by atoms with Gasteiger partial charge in [0, 0.05) is 11.6 Å². The number of aliphatic hydroxyl groups is 1. The van der Waals surface area contributed by atoms with Crippen molar-refractivity contribution in [3.05, 3.63) is 35.4 Å². The average Bonchev–Trinajstić information content (AvgIpc) is 2.36.